The van der Waals surface area contributed by atoms with Crippen molar-refractivity contribution in [2.45, 2.75) is 25.8 Å². The van der Waals surface area contributed by atoms with Crippen LogP contribution in [0.3, 0.4) is 0 Å². The molecule has 0 aromatic heterocycles. The summed E-state index contributed by atoms with van der Waals surface area (Å²) in [6, 6.07) is 7.98. The molecular weight excluding hydrogens is 221 g/mol. The predicted octanol–water partition coefficient (Wildman–Crippen LogP) is 2.84. The van der Waals surface area contributed by atoms with E-state index in [9.17, 15) is 18.0 Å². The summed E-state index contributed by atoms with van der Waals surface area (Å²) in [6.45, 7) is 1.24. The number of ketones is 1. The van der Waals surface area contributed by atoms with Crippen LogP contribution in [0.2, 0.25) is 0 Å². The van der Waals surface area contributed by atoms with Gasteiger partial charge in [-0.15, -0.1) is 0 Å². The first kappa shape index (κ1) is 12.7. The summed E-state index contributed by atoms with van der Waals surface area (Å²) in [7, 11) is 0. The van der Waals surface area contributed by atoms with Crippen molar-refractivity contribution in [3.05, 3.63) is 35.9 Å². The van der Waals surface area contributed by atoms with E-state index in [1.807, 2.05) is 0 Å². The van der Waals surface area contributed by atoms with Gasteiger partial charge in [-0.05, 0) is 6.92 Å². The lowest BCUT2D eigenvalue weighted by atomic mass is 10.1. The second kappa shape index (κ2) is 5.65. The number of hydrogen-bond donors (Lipinski definition) is 0. The van der Waals surface area contributed by atoms with E-state index in [0.717, 1.165) is 0 Å². The molecule has 0 N–H and O–H groups in total. The summed E-state index contributed by atoms with van der Waals surface area (Å²) in [5.74, 6) is -0.524. The van der Waals surface area contributed by atoms with Crippen molar-refractivity contribution in [1.29, 1.82) is 0 Å². The van der Waals surface area contributed by atoms with Crippen LogP contribution < -0.4 is 0 Å². The highest BCUT2D eigenvalue weighted by atomic mass is 19.3. The molecule has 0 amide bonds. The zero-order valence-electron chi connectivity index (χ0n) is 8.57. The number of carbonyl (C=O) groups is 1. The van der Waals surface area contributed by atoms with E-state index in [2.05, 4.69) is 4.74 Å². The Morgan fingerprint density at radius 2 is 1.75 bits per heavy atom. The molecule has 0 aliphatic rings. The van der Waals surface area contributed by atoms with Crippen LogP contribution in [0.15, 0.2) is 30.3 Å². The fourth-order valence-electron chi connectivity index (χ4n) is 1.15. The van der Waals surface area contributed by atoms with E-state index in [1.165, 1.54) is 19.1 Å². The van der Waals surface area contributed by atoms with Crippen molar-refractivity contribution in [2.75, 3.05) is 0 Å². The molecule has 2 atom stereocenters. The second-order valence-corrected chi connectivity index (χ2v) is 3.19. The van der Waals surface area contributed by atoms with E-state index >= 15 is 0 Å². The Labute approximate surface area is 91.0 Å². The van der Waals surface area contributed by atoms with Crippen LogP contribution in [0.1, 0.15) is 17.3 Å². The maximum atomic E-state index is 12.5. The Bertz CT molecular complexity index is 340. The topological polar surface area (TPSA) is 26.3 Å². The number of Topliss-reactive ketones (excluding diaryl/α,β-unsaturated/α-hetero) is 1. The van der Waals surface area contributed by atoms with Gasteiger partial charge in [0, 0.05) is 5.56 Å². The molecule has 0 spiro atoms. The summed E-state index contributed by atoms with van der Waals surface area (Å²) in [5.41, 5.74) is 0.302. The number of alkyl halides is 3. The number of benzene rings is 1. The lowest BCUT2D eigenvalue weighted by Gasteiger charge is -2.14. The van der Waals surface area contributed by atoms with Crippen LogP contribution in [0.5, 0.6) is 0 Å². The fourth-order valence-corrected chi connectivity index (χ4v) is 1.15. The van der Waals surface area contributed by atoms with Gasteiger partial charge in [-0.2, -0.15) is 0 Å². The van der Waals surface area contributed by atoms with Crippen molar-refractivity contribution in [1.82, 2.24) is 0 Å². The van der Waals surface area contributed by atoms with Crippen LogP contribution in [-0.2, 0) is 4.74 Å². The Morgan fingerprint density at radius 3 is 2.25 bits per heavy atom. The highest BCUT2D eigenvalue weighted by Crippen LogP contribution is 2.13. The first-order valence-electron chi connectivity index (χ1n) is 4.69. The van der Waals surface area contributed by atoms with Gasteiger partial charge in [-0.1, -0.05) is 30.3 Å². The van der Waals surface area contributed by atoms with Gasteiger partial charge in [0.05, 0.1) is 0 Å². The second-order valence-electron chi connectivity index (χ2n) is 3.19. The Balaban J connectivity index is 2.62. The van der Waals surface area contributed by atoms with Crippen molar-refractivity contribution in [2.24, 2.45) is 0 Å². The predicted molar refractivity (Wildman–Crippen MR) is 52.2 cm³/mol. The summed E-state index contributed by atoms with van der Waals surface area (Å²) >= 11 is 0. The minimum atomic E-state index is -3.24. The van der Waals surface area contributed by atoms with Gasteiger partial charge >= 0.3 is 0 Å². The highest BCUT2D eigenvalue weighted by Gasteiger charge is 2.26. The summed E-state index contributed by atoms with van der Waals surface area (Å²) in [6.07, 6.45) is -7.21. The van der Waals surface area contributed by atoms with Crippen LogP contribution >= 0.6 is 0 Å². The lowest BCUT2D eigenvalue weighted by molar-refractivity contribution is -0.142. The first-order chi connectivity index (χ1) is 7.52. The normalized spacial score (nSPS) is 14.8. The third kappa shape index (κ3) is 3.34. The molecule has 0 fully saturated rings. The van der Waals surface area contributed by atoms with E-state index in [1.54, 1.807) is 18.2 Å². The molecule has 0 saturated carbocycles. The van der Waals surface area contributed by atoms with Gasteiger partial charge in [0.25, 0.3) is 12.8 Å². The van der Waals surface area contributed by atoms with Crippen molar-refractivity contribution in [3.63, 3.8) is 0 Å². The average Bonchev–Trinajstić information content (AvgIpc) is 2.28. The average molecular weight is 232 g/mol. The number of ether oxygens (including phenoxy) is 1. The van der Waals surface area contributed by atoms with Crippen LogP contribution in [-0.4, -0.2) is 24.7 Å². The minimum Gasteiger partial charge on any atom is -0.332 e. The summed E-state index contributed by atoms with van der Waals surface area (Å²) in [5, 5.41) is 0. The van der Waals surface area contributed by atoms with Crippen molar-refractivity contribution >= 4 is 5.78 Å². The fraction of sp³-hybridized carbons (Fsp3) is 0.364. The molecular formula is C11H11F3O2. The molecule has 2 nitrogen and oxygen atoms in total. The first-order valence-corrected chi connectivity index (χ1v) is 4.69. The van der Waals surface area contributed by atoms with Crippen LogP contribution in [0.25, 0.3) is 0 Å². The third-order valence-corrected chi connectivity index (χ3v) is 1.96. The Kier molecular flexibility index (Phi) is 4.49. The van der Waals surface area contributed by atoms with Crippen LogP contribution in [0, 0.1) is 0 Å². The number of halogens is 3. The molecule has 1 aromatic rings. The molecule has 0 saturated heterocycles. The maximum Gasteiger partial charge on any atom is 0.293 e. The number of rotatable bonds is 5. The standard InChI is InChI=1S/C11H11F3O2/c1-7(16-11(14)10(12)13)9(15)8-5-3-2-4-6-8/h2-7,10-11H,1H3. The van der Waals surface area contributed by atoms with Gasteiger partial charge in [0.2, 0.25) is 0 Å². The summed E-state index contributed by atoms with van der Waals surface area (Å²) in [4.78, 5) is 11.6. The molecule has 1 aromatic carbocycles. The van der Waals surface area contributed by atoms with E-state index in [-0.39, 0.29) is 0 Å². The van der Waals surface area contributed by atoms with Gasteiger partial charge in [-0.3, -0.25) is 4.79 Å². The van der Waals surface area contributed by atoms with Gasteiger partial charge in [0.15, 0.2) is 5.78 Å². The van der Waals surface area contributed by atoms with Gasteiger partial charge < -0.3 is 4.74 Å². The molecule has 5 heteroatoms. The molecule has 0 aliphatic heterocycles. The highest BCUT2D eigenvalue weighted by molar-refractivity contribution is 5.99. The SMILES string of the molecule is CC(OC(F)C(F)F)C(=O)c1ccccc1. The largest absolute Gasteiger partial charge is 0.332 e. The Morgan fingerprint density at radius 1 is 1.19 bits per heavy atom. The van der Waals surface area contributed by atoms with Gasteiger partial charge in [0.1, 0.15) is 6.10 Å². The number of carbonyl (C=O) groups excluding carboxylic acids is 1. The van der Waals surface area contributed by atoms with Crippen molar-refractivity contribution < 1.29 is 22.7 Å². The molecule has 16 heavy (non-hydrogen) atoms. The minimum absolute atomic E-state index is 0.302. The zero-order chi connectivity index (χ0) is 12.1. The van der Waals surface area contributed by atoms with Crippen LogP contribution in [0.4, 0.5) is 13.2 Å². The summed E-state index contributed by atoms with van der Waals surface area (Å²) < 4.78 is 40.5. The molecule has 1 rings (SSSR count). The molecule has 88 valence electrons. The quantitative estimate of drug-likeness (QED) is 0.729. The Hall–Kier alpha value is -1.36. The van der Waals surface area contributed by atoms with E-state index in [4.69, 9.17) is 0 Å². The van der Waals surface area contributed by atoms with E-state index < -0.39 is 24.7 Å². The number of hydrogen-bond acceptors (Lipinski definition) is 2. The van der Waals surface area contributed by atoms with Crippen molar-refractivity contribution in [3.8, 4) is 0 Å². The molecule has 0 bridgehead atoms. The molecule has 2 unspecified atom stereocenters. The third-order valence-electron chi connectivity index (χ3n) is 1.96. The lowest BCUT2D eigenvalue weighted by Crippen LogP contribution is -2.28. The maximum absolute atomic E-state index is 12.5. The van der Waals surface area contributed by atoms with E-state index in [0.29, 0.717) is 5.56 Å². The van der Waals surface area contributed by atoms with Gasteiger partial charge in [-0.25, -0.2) is 13.2 Å². The molecule has 0 radical (unpaired) electrons. The molecule has 0 aliphatic carbocycles. The smallest absolute Gasteiger partial charge is 0.293 e. The molecule has 0 heterocycles. The monoisotopic (exact) mass is 232 g/mol. The zero-order valence-corrected chi connectivity index (χ0v) is 8.57.